The maximum Gasteiger partial charge on any atom is 0.309 e. The summed E-state index contributed by atoms with van der Waals surface area (Å²) in [4.78, 5) is 11.9. The van der Waals surface area contributed by atoms with E-state index in [1.165, 1.54) is 6.07 Å². The highest BCUT2D eigenvalue weighted by molar-refractivity contribution is 7.93. The van der Waals surface area contributed by atoms with Crippen molar-refractivity contribution in [2.75, 3.05) is 16.2 Å². The van der Waals surface area contributed by atoms with Crippen molar-refractivity contribution < 1.29 is 17.9 Å². The van der Waals surface area contributed by atoms with E-state index in [-0.39, 0.29) is 18.0 Å². The van der Waals surface area contributed by atoms with E-state index in [1.54, 1.807) is 26.0 Å². The smallest absolute Gasteiger partial charge is 0.309 e. The minimum absolute atomic E-state index is 0.156. The lowest BCUT2D eigenvalue weighted by atomic mass is 9.89. The molecule has 0 bridgehead atoms. The Balaban J connectivity index is 1.97. The van der Waals surface area contributed by atoms with Gasteiger partial charge in [0.1, 0.15) is 0 Å². The van der Waals surface area contributed by atoms with Gasteiger partial charge in [-0.1, -0.05) is 0 Å². The van der Waals surface area contributed by atoms with Crippen molar-refractivity contribution in [1.82, 2.24) is 0 Å². The normalized spacial score (nSPS) is 21.5. The van der Waals surface area contributed by atoms with Crippen LogP contribution in [-0.2, 0) is 19.6 Å². The molecule has 134 valence electrons. The molecule has 5 N–H and O–H groups in total. The Morgan fingerprint density at radius 1 is 1.17 bits per heavy atom. The zero-order valence-corrected chi connectivity index (χ0v) is 14.8. The third kappa shape index (κ3) is 4.53. The quantitative estimate of drug-likeness (QED) is 0.549. The number of anilines is 3. The number of rotatable bonds is 5. The summed E-state index contributed by atoms with van der Waals surface area (Å²) in [6.45, 7) is 3.60. The standard InChI is InChI=1S/C16H25N3O4S/c1-10(2)23-16(20)11-3-6-13(7-4-11)24(21,22)19-12-5-8-14(17)15(18)9-12/h5,8-11,13,19H,3-4,6-7,17-18H2,1-2H3. The minimum Gasteiger partial charge on any atom is -0.463 e. The molecule has 2 rings (SSSR count). The molecule has 1 aliphatic carbocycles. The first-order valence-corrected chi connectivity index (χ1v) is 9.61. The summed E-state index contributed by atoms with van der Waals surface area (Å²) in [7, 11) is -3.54. The molecule has 8 heteroatoms. The van der Waals surface area contributed by atoms with Crippen LogP contribution >= 0.6 is 0 Å². The average molecular weight is 355 g/mol. The average Bonchev–Trinajstić information content (AvgIpc) is 2.50. The van der Waals surface area contributed by atoms with Crippen LogP contribution in [0.3, 0.4) is 0 Å². The Kier molecular flexibility index (Phi) is 5.58. The maximum atomic E-state index is 12.5. The molecular formula is C16H25N3O4S. The van der Waals surface area contributed by atoms with E-state index in [9.17, 15) is 13.2 Å². The second kappa shape index (κ2) is 7.29. The van der Waals surface area contributed by atoms with Crippen LogP contribution in [-0.4, -0.2) is 25.7 Å². The second-order valence-electron chi connectivity index (χ2n) is 6.45. The summed E-state index contributed by atoms with van der Waals surface area (Å²) < 4.78 is 32.8. The third-order valence-corrected chi connectivity index (χ3v) is 6.01. The zero-order chi connectivity index (χ0) is 17.9. The summed E-state index contributed by atoms with van der Waals surface area (Å²) in [5.74, 6) is -0.453. The number of nitrogen functional groups attached to an aromatic ring is 2. The van der Waals surface area contributed by atoms with E-state index in [0.717, 1.165) is 0 Å². The van der Waals surface area contributed by atoms with E-state index in [1.807, 2.05) is 0 Å². The van der Waals surface area contributed by atoms with Gasteiger partial charge in [0.05, 0.1) is 34.3 Å². The van der Waals surface area contributed by atoms with Crippen LogP contribution in [0.4, 0.5) is 17.1 Å². The highest BCUT2D eigenvalue weighted by atomic mass is 32.2. The number of nitrogens with one attached hydrogen (secondary N) is 1. The Bertz CT molecular complexity index is 695. The molecule has 24 heavy (non-hydrogen) atoms. The van der Waals surface area contributed by atoms with Gasteiger partial charge in [-0.25, -0.2) is 8.42 Å². The molecule has 0 heterocycles. The Morgan fingerprint density at radius 3 is 2.33 bits per heavy atom. The molecule has 0 atom stereocenters. The predicted octanol–water partition coefficient (Wildman–Crippen LogP) is 2.10. The van der Waals surface area contributed by atoms with E-state index >= 15 is 0 Å². The van der Waals surface area contributed by atoms with Crippen LogP contribution in [0.5, 0.6) is 0 Å². The molecule has 1 aromatic rings. The number of ether oxygens (including phenoxy) is 1. The van der Waals surface area contributed by atoms with Gasteiger partial charge in [0.25, 0.3) is 0 Å². The van der Waals surface area contributed by atoms with Gasteiger partial charge in [-0.05, 0) is 57.7 Å². The Labute approximate surface area is 142 Å². The van der Waals surface area contributed by atoms with Crippen LogP contribution in [0.2, 0.25) is 0 Å². The lowest BCUT2D eigenvalue weighted by molar-refractivity contribution is -0.153. The van der Waals surface area contributed by atoms with Crippen molar-refractivity contribution in [3.05, 3.63) is 18.2 Å². The first kappa shape index (κ1) is 18.4. The van der Waals surface area contributed by atoms with Gasteiger partial charge in [-0.3, -0.25) is 9.52 Å². The van der Waals surface area contributed by atoms with E-state index in [2.05, 4.69) is 4.72 Å². The fourth-order valence-corrected chi connectivity index (χ4v) is 4.34. The number of carbonyl (C=O) groups excluding carboxylic acids is 1. The number of sulfonamides is 1. The molecule has 1 aromatic carbocycles. The molecule has 7 nitrogen and oxygen atoms in total. The molecule has 0 amide bonds. The summed E-state index contributed by atoms with van der Waals surface area (Å²) in [6.07, 6.45) is 1.73. The predicted molar refractivity (Wildman–Crippen MR) is 94.8 cm³/mol. The van der Waals surface area contributed by atoms with Gasteiger partial charge < -0.3 is 16.2 Å². The molecule has 0 radical (unpaired) electrons. The van der Waals surface area contributed by atoms with Crippen molar-refractivity contribution >= 4 is 33.1 Å². The highest BCUT2D eigenvalue weighted by Gasteiger charge is 2.34. The van der Waals surface area contributed by atoms with Crippen LogP contribution in [0, 0.1) is 5.92 Å². The lowest BCUT2D eigenvalue weighted by Crippen LogP contribution is -2.34. The number of benzene rings is 1. The number of esters is 1. The number of nitrogens with two attached hydrogens (primary N) is 2. The van der Waals surface area contributed by atoms with Crippen LogP contribution in [0.1, 0.15) is 39.5 Å². The highest BCUT2D eigenvalue weighted by Crippen LogP contribution is 2.31. The summed E-state index contributed by atoms with van der Waals surface area (Å²) >= 11 is 0. The van der Waals surface area contributed by atoms with Crippen molar-refractivity contribution in [3.8, 4) is 0 Å². The fourth-order valence-electron chi connectivity index (χ4n) is 2.82. The molecule has 1 aliphatic rings. The molecule has 1 fully saturated rings. The first-order chi connectivity index (χ1) is 11.2. The van der Waals surface area contributed by atoms with E-state index in [4.69, 9.17) is 16.2 Å². The molecule has 0 aliphatic heterocycles. The molecule has 0 spiro atoms. The zero-order valence-electron chi connectivity index (χ0n) is 14.0. The Morgan fingerprint density at radius 2 is 1.79 bits per heavy atom. The van der Waals surface area contributed by atoms with Gasteiger partial charge >= 0.3 is 5.97 Å². The van der Waals surface area contributed by atoms with Gasteiger partial charge in [-0.2, -0.15) is 0 Å². The Hall–Kier alpha value is -1.96. The molecule has 0 aromatic heterocycles. The van der Waals surface area contributed by atoms with Crippen molar-refractivity contribution in [2.24, 2.45) is 5.92 Å². The van der Waals surface area contributed by atoms with Gasteiger partial charge in [0.15, 0.2) is 0 Å². The number of hydrogen-bond donors (Lipinski definition) is 3. The molecular weight excluding hydrogens is 330 g/mol. The number of hydrogen-bond acceptors (Lipinski definition) is 6. The van der Waals surface area contributed by atoms with Crippen molar-refractivity contribution in [1.29, 1.82) is 0 Å². The molecule has 1 saturated carbocycles. The van der Waals surface area contributed by atoms with Gasteiger partial charge in [-0.15, -0.1) is 0 Å². The number of carbonyl (C=O) groups is 1. The monoisotopic (exact) mass is 355 g/mol. The van der Waals surface area contributed by atoms with Crippen molar-refractivity contribution in [3.63, 3.8) is 0 Å². The van der Waals surface area contributed by atoms with Crippen LogP contribution in [0.25, 0.3) is 0 Å². The fraction of sp³-hybridized carbons (Fsp3) is 0.562. The topological polar surface area (TPSA) is 125 Å². The van der Waals surface area contributed by atoms with Gasteiger partial charge in [0, 0.05) is 0 Å². The molecule has 0 saturated heterocycles. The van der Waals surface area contributed by atoms with Crippen LogP contribution < -0.4 is 16.2 Å². The second-order valence-corrected chi connectivity index (χ2v) is 8.41. The van der Waals surface area contributed by atoms with Gasteiger partial charge in [0.2, 0.25) is 10.0 Å². The summed E-state index contributed by atoms with van der Waals surface area (Å²) in [6, 6.07) is 4.64. The first-order valence-electron chi connectivity index (χ1n) is 8.06. The van der Waals surface area contributed by atoms with E-state index in [0.29, 0.717) is 42.7 Å². The summed E-state index contributed by atoms with van der Waals surface area (Å²) in [5.41, 5.74) is 12.5. The minimum atomic E-state index is -3.54. The van der Waals surface area contributed by atoms with Crippen LogP contribution in [0.15, 0.2) is 18.2 Å². The van der Waals surface area contributed by atoms with E-state index < -0.39 is 15.3 Å². The third-order valence-electron chi connectivity index (χ3n) is 4.15. The van der Waals surface area contributed by atoms with Crippen molar-refractivity contribution in [2.45, 2.75) is 50.9 Å². The molecule has 0 unspecified atom stereocenters. The lowest BCUT2D eigenvalue weighted by Gasteiger charge is -2.27. The maximum absolute atomic E-state index is 12.5. The largest absolute Gasteiger partial charge is 0.463 e. The summed E-state index contributed by atoms with van der Waals surface area (Å²) in [5, 5.41) is -0.528. The SMILES string of the molecule is CC(C)OC(=O)C1CCC(S(=O)(=O)Nc2ccc(N)c(N)c2)CC1.